The van der Waals surface area contributed by atoms with Crippen LogP contribution in [0, 0.1) is 0 Å². The van der Waals surface area contributed by atoms with Crippen molar-refractivity contribution in [3.05, 3.63) is 83.4 Å². The van der Waals surface area contributed by atoms with E-state index in [0.717, 1.165) is 11.4 Å². The van der Waals surface area contributed by atoms with Crippen LogP contribution < -0.4 is 0 Å². The summed E-state index contributed by atoms with van der Waals surface area (Å²) in [4.78, 5) is 2.21. The van der Waals surface area contributed by atoms with Crippen LogP contribution in [-0.2, 0) is 13.2 Å². The van der Waals surface area contributed by atoms with Gasteiger partial charge in [0.1, 0.15) is 0 Å². The number of fused-ring (bicyclic) bond motifs is 1. The van der Waals surface area contributed by atoms with Crippen LogP contribution in [0.4, 0.5) is 0 Å². The number of nitrogens with zero attached hydrogens (tertiary/aromatic N) is 1. The lowest BCUT2D eigenvalue weighted by Gasteiger charge is -2.05. The van der Waals surface area contributed by atoms with Gasteiger partial charge in [-0.15, -0.1) is 11.3 Å². The molecule has 0 fully saturated rings. The Kier molecular flexibility index (Phi) is 3.74. The molecule has 4 aromatic rings. The molecule has 0 spiro atoms. The number of thiophene rings is 1. The third-order valence-corrected chi connectivity index (χ3v) is 5.17. The summed E-state index contributed by atoms with van der Waals surface area (Å²) in [6.07, 6.45) is 2.23. The normalized spacial score (nSPS) is 11.2. The maximum Gasteiger partial charge on any atom is 0.0774 e. The van der Waals surface area contributed by atoms with Gasteiger partial charge in [0.15, 0.2) is 0 Å². The van der Waals surface area contributed by atoms with E-state index in [-0.39, 0.29) is 6.61 Å². The Bertz CT molecular complexity index is 937. The van der Waals surface area contributed by atoms with E-state index in [1.165, 1.54) is 26.9 Å². The van der Waals surface area contributed by atoms with E-state index < -0.39 is 0 Å². The van der Waals surface area contributed by atoms with Crippen molar-refractivity contribution in [2.24, 2.45) is 0 Å². The van der Waals surface area contributed by atoms with Gasteiger partial charge in [0, 0.05) is 39.0 Å². The maximum absolute atomic E-state index is 9.32. The summed E-state index contributed by atoms with van der Waals surface area (Å²) in [7, 11) is 0. The number of benzene rings is 2. The first-order valence-corrected chi connectivity index (χ1v) is 8.48. The van der Waals surface area contributed by atoms with E-state index >= 15 is 0 Å². The molecule has 4 rings (SSSR count). The van der Waals surface area contributed by atoms with E-state index in [1.54, 1.807) is 11.3 Å². The highest BCUT2D eigenvalue weighted by atomic mass is 32.1. The first-order valence-electron chi connectivity index (χ1n) is 7.67. The van der Waals surface area contributed by atoms with Crippen molar-refractivity contribution in [2.75, 3.05) is 0 Å². The third kappa shape index (κ3) is 2.69. The first-order chi connectivity index (χ1) is 11.3. The molecule has 1 N–H and O–H groups in total. The quantitative estimate of drug-likeness (QED) is 0.568. The van der Waals surface area contributed by atoms with Gasteiger partial charge in [-0.3, -0.25) is 0 Å². The van der Waals surface area contributed by atoms with Crippen LogP contribution in [0.3, 0.4) is 0 Å². The molecule has 0 saturated heterocycles. The Morgan fingerprint density at radius 3 is 2.43 bits per heavy atom. The lowest BCUT2D eigenvalue weighted by molar-refractivity contribution is 0.285. The van der Waals surface area contributed by atoms with E-state index in [4.69, 9.17) is 0 Å². The zero-order valence-corrected chi connectivity index (χ0v) is 13.5. The average molecular weight is 319 g/mol. The molecule has 3 heteroatoms. The van der Waals surface area contributed by atoms with Crippen LogP contribution in [0.5, 0.6) is 0 Å². The van der Waals surface area contributed by atoms with Crippen LogP contribution >= 0.6 is 11.3 Å². The zero-order chi connectivity index (χ0) is 15.6. The summed E-state index contributed by atoms with van der Waals surface area (Å²) < 4.78 is 2.30. The van der Waals surface area contributed by atoms with E-state index in [9.17, 15) is 5.11 Å². The molecule has 0 unspecified atom stereocenters. The number of aliphatic hydroxyl groups excluding tert-OH is 1. The second-order valence-corrected chi connectivity index (χ2v) is 6.77. The van der Waals surface area contributed by atoms with Crippen LogP contribution in [0.1, 0.15) is 10.4 Å². The Hall–Kier alpha value is -2.36. The summed E-state index contributed by atoms with van der Waals surface area (Å²) >= 11 is 1.66. The molecule has 0 amide bonds. The highest BCUT2D eigenvalue weighted by Gasteiger charge is 2.12. The van der Waals surface area contributed by atoms with Gasteiger partial charge in [0.25, 0.3) is 0 Å². The first kappa shape index (κ1) is 14.2. The standard InChI is InChI=1S/C20H17NOS/c22-14-16-10-11-20(23-16)18-13-21(12-15-6-2-1-3-7-15)19-9-5-4-8-17(18)19/h1-11,13,22H,12,14H2. The topological polar surface area (TPSA) is 25.2 Å². The van der Waals surface area contributed by atoms with Crippen molar-refractivity contribution in [3.8, 4) is 10.4 Å². The third-order valence-electron chi connectivity index (χ3n) is 4.07. The molecule has 114 valence electrons. The second kappa shape index (κ2) is 6.03. The molecule has 0 atom stereocenters. The Balaban J connectivity index is 1.83. The van der Waals surface area contributed by atoms with Gasteiger partial charge in [0.2, 0.25) is 0 Å². The van der Waals surface area contributed by atoms with Gasteiger partial charge in [-0.1, -0.05) is 48.5 Å². The fourth-order valence-electron chi connectivity index (χ4n) is 2.96. The fraction of sp³-hybridized carbons (Fsp3) is 0.100. The molecule has 0 aliphatic rings. The predicted molar refractivity (Wildman–Crippen MR) is 96.7 cm³/mol. The van der Waals surface area contributed by atoms with Gasteiger partial charge >= 0.3 is 0 Å². The minimum absolute atomic E-state index is 0.104. The molecular weight excluding hydrogens is 302 g/mol. The van der Waals surface area contributed by atoms with Gasteiger partial charge in [0.05, 0.1) is 6.61 Å². The Morgan fingerprint density at radius 2 is 1.65 bits per heavy atom. The molecule has 0 saturated carbocycles. The molecule has 2 nitrogen and oxygen atoms in total. The lowest BCUT2D eigenvalue weighted by atomic mass is 10.1. The maximum atomic E-state index is 9.32. The SMILES string of the molecule is OCc1ccc(-c2cn(Cc3ccccc3)c3ccccc23)s1. The molecule has 0 aliphatic carbocycles. The van der Waals surface area contributed by atoms with Crippen molar-refractivity contribution < 1.29 is 5.11 Å². The number of para-hydroxylation sites is 1. The van der Waals surface area contributed by atoms with Crippen LogP contribution in [0.2, 0.25) is 0 Å². The minimum atomic E-state index is 0.104. The van der Waals surface area contributed by atoms with E-state index in [0.29, 0.717) is 0 Å². The smallest absolute Gasteiger partial charge is 0.0774 e. The Morgan fingerprint density at radius 1 is 0.870 bits per heavy atom. The highest BCUT2D eigenvalue weighted by molar-refractivity contribution is 7.15. The molecular formula is C20H17NOS. The number of aromatic nitrogens is 1. The second-order valence-electron chi connectivity index (χ2n) is 5.60. The highest BCUT2D eigenvalue weighted by Crippen LogP contribution is 2.35. The van der Waals surface area contributed by atoms with Gasteiger partial charge < -0.3 is 9.67 Å². The Labute approximate surface area is 139 Å². The number of hydrogen-bond donors (Lipinski definition) is 1. The van der Waals surface area contributed by atoms with Crippen molar-refractivity contribution >= 4 is 22.2 Å². The summed E-state index contributed by atoms with van der Waals surface area (Å²) in [6.45, 7) is 0.965. The summed E-state index contributed by atoms with van der Waals surface area (Å²) in [5.41, 5.74) is 3.77. The van der Waals surface area contributed by atoms with Crippen molar-refractivity contribution in [1.82, 2.24) is 4.57 Å². The molecule has 0 bridgehead atoms. The van der Waals surface area contributed by atoms with Crippen LogP contribution in [0.25, 0.3) is 21.3 Å². The molecule has 2 aromatic carbocycles. The van der Waals surface area contributed by atoms with Crippen LogP contribution in [-0.4, -0.2) is 9.67 Å². The average Bonchev–Trinajstić information content (AvgIpc) is 3.21. The number of rotatable bonds is 4. The molecule has 2 aromatic heterocycles. The van der Waals surface area contributed by atoms with Crippen molar-refractivity contribution in [2.45, 2.75) is 13.2 Å². The van der Waals surface area contributed by atoms with Crippen molar-refractivity contribution in [1.29, 1.82) is 0 Å². The number of aliphatic hydroxyl groups is 1. The van der Waals surface area contributed by atoms with Gasteiger partial charge in [-0.25, -0.2) is 0 Å². The van der Waals surface area contributed by atoms with Gasteiger partial charge in [-0.05, 0) is 23.8 Å². The van der Waals surface area contributed by atoms with E-state index in [2.05, 4.69) is 65.4 Å². The lowest BCUT2D eigenvalue weighted by Crippen LogP contribution is -1.97. The van der Waals surface area contributed by atoms with Crippen molar-refractivity contribution in [3.63, 3.8) is 0 Å². The predicted octanol–water partition coefficient (Wildman–Crippen LogP) is 4.91. The zero-order valence-electron chi connectivity index (χ0n) is 12.6. The molecule has 0 radical (unpaired) electrons. The van der Waals surface area contributed by atoms with E-state index in [1.807, 2.05) is 12.1 Å². The minimum Gasteiger partial charge on any atom is -0.391 e. The monoisotopic (exact) mass is 319 g/mol. The molecule has 0 aliphatic heterocycles. The largest absolute Gasteiger partial charge is 0.391 e. The fourth-order valence-corrected chi connectivity index (χ4v) is 3.85. The van der Waals surface area contributed by atoms with Crippen LogP contribution in [0.15, 0.2) is 72.9 Å². The molecule has 2 heterocycles. The number of hydrogen-bond acceptors (Lipinski definition) is 2. The van der Waals surface area contributed by atoms with Gasteiger partial charge in [-0.2, -0.15) is 0 Å². The molecule has 23 heavy (non-hydrogen) atoms. The summed E-state index contributed by atoms with van der Waals surface area (Å²) in [5.74, 6) is 0. The summed E-state index contributed by atoms with van der Waals surface area (Å²) in [5, 5.41) is 10.6. The summed E-state index contributed by atoms with van der Waals surface area (Å²) in [6, 6.07) is 23.1.